The minimum absolute atomic E-state index is 0.156. The Morgan fingerprint density at radius 1 is 1.04 bits per heavy atom. The highest BCUT2D eigenvalue weighted by Crippen LogP contribution is 2.34. The van der Waals surface area contributed by atoms with Gasteiger partial charge in [0.1, 0.15) is 5.60 Å². The Morgan fingerprint density at radius 3 is 2.25 bits per heavy atom. The molecule has 0 radical (unpaired) electrons. The SMILES string of the molecule is CC(O)(CNC(=O)Nc1ccccc1C(F)(F)F)c1ccccc1. The molecule has 4 nitrogen and oxygen atoms in total. The van der Waals surface area contributed by atoms with E-state index < -0.39 is 23.4 Å². The predicted molar refractivity (Wildman–Crippen MR) is 84.5 cm³/mol. The van der Waals surface area contributed by atoms with Crippen LogP contribution in [0.15, 0.2) is 54.6 Å². The molecule has 0 aliphatic rings. The summed E-state index contributed by atoms with van der Waals surface area (Å²) in [6.07, 6.45) is -4.57. The molecule has 0 aliphatic heterocycles. The summed E-state index contributed by atoms with van der Waals surface area (Å²) in [5.74, 6) is 0. The topological polar surface area (TPSA) is 61.4 Å². The maximum Gasteiger partial charge on any atom is 0.418 e. The lowest BCUT2D eigenvalue weighted by molar-refractivity contribution is -0.136. The number of halogens is 3. The summed E-state index contributed by atoms with van der Waals surface area (Å²) in [5.41, 5.74) is -2.04. The normalized spacial score (nSPS) is 13.9. The molecule has 2 aromatic rings. The third-order valence-corrected chi connectivity index (χ3v) is 3.47. The highest BCUT2D eigenvalue weighted by Gasteiger charge is 2.33. The van der Waals surface area contributed by atoms with E-state index in [1.54, 1.807) is 30.3 Å². The molecule has 0 heterocycles. The van der Waals surface area contributed by atoms with E-state index >= 15 is 0 Å². The fourth-order valence-electron chi connectivity index (χ4n) is 2.16. The van der Waals surface area contributed by atoms with Crippen molar-refractivity contribution < 1.29 is 23.1 Å². The van der Waals surface area contributed by atoms with Crippen LogP contribution in [0, 0.1) is 0 Å². The fraction of sp³-hybridized carbons (Fsp3) is 0.235. The van der Waals surface area contributed by atoms with Crippen LogP contribution in [0.5, 0.6) is 0 Å². The minimum Gasteiger partial charge on any atom is -0.384 e. The van der Waals surface area contributed by atoms with Crippen LogP contribution < -0.4 is 10.6 Å². The maximum absolute atomic E-state index is 12.9. The summed E-state index contributed by atoms with van der Waals surface area (Å²) in [5, 5.41) is 14.9. The van der Waals surface area contributed by atoms with E-state index in [4.69, 9.17) is 0 Å². The highest BCUT2D eigenvalue weighted by atomic mass is 19.4. The number of carbonyl (C=O) groups is 1. The second kappa shape index (κ2) is 6.92. The van der Waals surface area contributed by atoms with Crippen molar-refractivity contribution >= 4 is 11.7 Å². The first-order valence-corrected chi connectivity index (χ1v) is 7.19. The van der Waals surface area contributed by atoms with E-state index in [2.05, 4.69) is 10.6 Å². The van der Waals surface area contributed by atoms with Crippen LogP contribution in [0.3, 0.4) is 0 Å². The van der Waals surface area contributed by atoms with Gasteiger partial charge in [-0.3, -0.25) is 0 Å². The summed E-state index contributed by atoms with van der Waals surface area (Å²) in [6, 6.07) is 12.5. The molecule has 7 heteroatoms. The zero-order valence-electron chi connectivity index (χ0n) is 12.9. The molecule has 128 valence electrons. The molecule has 0 fully saturated rings. The van der Waals surface area contributed by atoms with E-state index in [1.807, 2.05) is 0 Å². The average molecular weight is 338 g/mol. The van der Waals surface area contributed by atoms with Gasteiger partial charge in [0, 0.05) is 0 Å². The largest absolute Gasteiger partial charge is 0.418 e. The molecule has 2 aromatic carbocycles. The molecule has 0 bridgehead atoms. The zero-order valence-corrected chi connectivity index (χ0v) is 12.9. The number of nitrogens with one attached hydrogen (secondary N) is 2. The number of benzene rings is 2. The standard InChI is InChI=1S/C17H17F3N2O2/c1-16(24,12-7-3-2-4-8-12)11-21-15(23)22-14-10-6-5-9-13(14)17(18,19)20/h2-10,24H,11H2,1H3,(H2,21,22,23). The molecule has 0 spiro atoms. The van der Waals surface area contributed by atoms with Gasteiger partial charge >= 0.3 is 12.2 Å². The summed E-state index contributed by atoms with van der Waals surface area (Å²) in [4.78, 5) is 11.9. The second-order valence-electron chi connectivity index (χ2n) is 5.49. The van der Waals surface area contributed by atoms with Crippen molar-refractivity contribution in [1.29, 1.82) is 0 Å². The Balaban J connectivity index is 2.02. The lowest BCUT2D eigenvalue weighted by Gasteiger charge is -2.24. The summed E-state index contributed by atoms with van der Waals surface area (Å²) in [6.45, 7) is 1.35. The van der Waals surface area contributed by atoms with Crippen LogP contribution in [-0.4, -0.2) is 17.7 Å². The van der Waals surface area contributed by atoms with E-state index in [-0.39, 0.29) is 12.2 Å². The van der Waals surface area contributed by atoms with Gasteiger partial charge in [0.05, 0.1) is 17.8 Å². The molecule has 24 heavy (non-hydrogen) atoms. The van der Waals surface area contributed by atoms with E-state index in [9.17, 15) is 23.1 Å². The van der Waals surface area contributed by atoms with Crippen molar-refractivity contribution in [1.82, 2.24) is 5.32 Å². The molecule has 0 aromatic heterocycles. The van der Waals surface area contributed by atoms with Crippen molar-refractivity contribution in [2.75, 3.05) is 11.9 Å². The molecular formula is C17H17F3N2O2. The second-order valence-corrected chi connectivity index (χ2v) is 5.49. The Bertz CT molecular complexity index is 700. The number of aliphatic hydroxyl groups is 1. The lowest BCUT2D eigenvalue weighted by Crippen LogP contribution is -2.40. The number of rotatable bonds is 4. The molecule has 1 unspecified atom stereocenters. The van der Waals surface area contributed by atoms with Gasteiger partial charge in [-0.05, 0) is 24.6 Å². The molecule has 3 N–H and O–H groups in total. The molecule has 0 saturated heterocycles. The predicted octanol–water partition coefficient (Wildman–Crippen LogP) is 3.73. The van der Waals surface area contributed by atoms with Gasteiger partial charge in [-0.25, -0.2) is 4.79 Å². The van der Waals surface area contributed by atoms with Crippen molar-refractivity contribution in [3.63, 3.8) is 0 Å². The van der Waals surface area contributed by atoms with Crippen LogP contribution in [0.2, 0.25) is 0 Å². The molecular weight excluding hydrogens is 321 g/mol. The van der Waals surface area contributed by atoms with Gasteiger partial charge < -0.3 is 15.7 Å². The van der Waals surface area contributed by atoms with E-state index in [0.29, 0.717) is 5.56 Å². The first-order chi connectivity index (χ1) is 11.2. The Kier molecular flexibility index (Phi) is 5.14. The molecule has 0 saturated carbocycles. The van der Waals surface area contributed by atoms with Crippen LogP contribution in [0.4, 0.5) is 23.7 Å². The number of hydrogen-bond donors (Lipinski definition) is 3. The third-order valence-electron chi connectivity index (χ3n) is 3.47. The van der Waals surface area contributed by atoms with E-state index in [1.165, 1.54) is 19.1 Å². The number of alkyl halides is 3. The van der Waals surface area contributed by atoms with Crippen LogP contribution in [0.1, 0.15) is 18.1 Å². The number of anilines is 1. The molecule has 1 atom stereocenters. The first-order valence-electron chi connectivity index (χ1n) is 7.19. The Morgan fingerprint density at radius 2 is 1.62 bits per heavy atom. The number of urea groups is 1. The number of para-hydroxylation sites is 1. The maximum atomic E-state index is 12.9. The van der Waals surface area contributed by atoms with Crippen LogP contribution >= 0.6 is 0 Å². The summed E-state index contributed by atoms with van der Waals surface area (Å²) in [7, 11) is 0. The zero-order chi connectivity index (χ0) is 17.8. The number of amides is 2. The van der Waals surface area contributed by atoms with Gasteiger partial charge in [0.25, 0.3) is 0 Å². The molecule has 2 amide bonds. The summed E-state index contributed by atoms with van der Waals surface area (Å²) >= 11 is 0. The number of carbonyl (C=O) groups excluding carboxylic acids is 1. The van der Waals surface area contributed by atoms with Gasteiger partial charge in [0.2, 0.25) is 0 Å². The fourth-order valence-corrected chi connectivity index (χ4v) is 2.16. The summed E-state index contributed by atoms with van der Waals surface area (Å²) < 4.78 is 38.7. The van der Waals surface area contributed by atoms with E-state index in [0.717, 1.165) is 12.1 Å². The highest BCUT2D eigenvalue weighted by molar-refractivity contribution is 5.90. The van der Waals surface area contributed by atoms with Gasteiger partial charge in [0.15, 0.2) is 0 Å². The number of hydrogen-bond acceptors (Lipinski definition) is 2. The van der Waals surface area contributed by atoms with Crippen molar-refractivity contribution in [2.45, 2.75) is 18.7 Å². The van der Waals surface area contributed by atoms with Gasteiger partial charge in [-0.15, -0.1) is 0 Å². The molecule has 2 rings (SSSR count). The average Bonchev–Trinajstić information content (AvgIpc) is 2.53. The first kappa shape index (κ1) is 17.8. The smallest absolute Gasteiger partial charge is 0.384 e. The van der Waals surface area contributed by atoms with Gasteiger partial charge in [-0.1, -0.05) is 42.5 Å². The van der Waals surface area contributed by atoms with Gasteiger partial charge in [-0.2, -0.15) is 13.2 Å². The molecule has 0 aliphatic carbocycles. The quantitative estimate of drug-likeness (QED) is 0.795. The Hall–Kier alpha value is -2.54. The monoisotopic (exact) mass is 338 g/mol. The lowest BCUT2D eigenvalue weighted by atomic mass is 9.96. The third kappa shape index (κ3) is 4.48. The van der Waals surface area contributed by atoms with Crippen molar-refractivity contribution in [3.8, 4) is 0 Å². The Labute approximate surface area is 137 Å². The van der Waals surface area contributed by atoms with Crippen LogP contribution in [0.25, 0.3) is 0 Å². The van der Waals surface area contributed by atoms with Crippen LogP contribution in [-0.2, 0) is 11.8 Å². The minimum atomic E-state index is -4.57. The van der Waals surface area contributed by atoms with Crippen molar-refractivity contribution in [2.24, 2.45) is 0 Å². The van der Waals surface area contributed by atoms with Crippen molar-refractivity contribution in [3.05, 3.63) is 65.7 Å².